The molecule has 1 aliphatic rings. The van der Waals surface area contributed by atoms with Gasteiger partial charge in [0.05, 0.1) is 0 Å². The molecule has 0 unspecified atom stereocenters. The fraction of sp³-hybridized carbons (Fsp3) is 1.00. The zero-order chi connectivity index (χ0) is 15.2. The van der Waals surface area contributed by atoms with E-state index < -0.39 is 10.2 Å². The van der Waals surface area contributed by atoms with E-state index in [4.69, 9.17) is 0 Å². The van der Waals surface area contributed by atoms with Crippen LogP contribution in [0.1, 0.15) is 47.0 Å². The fourth-order valence-corrected chi connectivity index (χ4v) is 4.62. The third-order valence-corrected chi connectivity index (χ3v) is 6.11. The van der Waals surface area contributed by atoms with Gasteiger partial charge in [-0.05, 0) is 52.1 Å². The van der Waals surface area contributed by atoms with E-state index in [0.29, 0.717) is 25.6 Å². The second-order valence-electron chi connectivity index (χ2n) is 5.86. The van der Waals surface area contributed by atoms with Crippen LogP contribution < -0.4 is 5.32 Å². The van der Waals surface area contributed by atoms with Crippen LogP contribution in [0.25, 0.3) is 0 Å². The number of hydrogen-bond acceptors (Lipinski definition) is 3. The second-order valence-corrected chi connectivity index (χ2v) is 7.74. The van der Waals surface area contributed by atoms with E-state index >= 15 is 0 Å². The average molecular weight is 305 g/mol. The first kappa shape index (κ1) is 17.9. The van der Waals surface area contributed by atoms with Crippen LogP contribution in [0.2, 0.25) is 0 Å². The molecule has 0 bridgehead atoms. The number of rotatable bonds is 8. The molecule has 0 atom stereocenters. The summed E-state index contributed by atoms with van der Waals surface area (Å²) in [5, 5.41) is 3.35. The van der Waals surface area contributed by atoms with Gasteiger partial charge in [-0.25, -0.2) is 0 Å². The molecule has 0 aromatic heterocycles. The second kappa shape index (κ2) is 8.32. The molecule has 0 radical (unpaired) electrons. The van der Waals surface area contributed by atoms with Crippen LogP contribution in [-0.4, -0.2) is 55.8 Å². The van der Waals surface area contributed by atoms with Gasteiger partial charge in [-0.15, -0.1) is 0 Å². The molecule has 0 aliphatic carbocycles. The highest BCUT2D eigenvalue weighted by molar-refractivity contribution is 7.86. The maximum absolute atomic E-state index is 12.7. The molecule has 1 aliphatic heterocycles. The Morgan fingerprint density at radius 2 is 1.85 bits per heavy atom. The summed E-state index contributed by atoms with van der Waals surface area (Å²) in [6.07, 6.45) is 2.78. The Bertz CT molecular complexity index is 363. The third kappa shape index (κ3) is 4.69. The maximum Gasteiger partial charge on any atom is 0.282 e. The predicted octanol–water partition coefficient (Wildman–Crippen LogP) is 1.67. The van der Waals surface area contributed by atoms with Gasteiger partial charge >= 0.3 is 0 Å². The summed E-state index contributed by atoms with van der Waals surface area (Å²) < 4.78 is 28.7. The highest BCUT2D eigenvalue weighted by atomic mass is 32.2. The smallest absolute Gasteiger partial charge is 0.282 e. The van der Waals surface area contributed by atoms with Gasteiger partial charge in [-0.1, -0.05) is 13.8 Å². The van der Waals surface area contributed by atoms with Crippen molar-refractivity contribution in [2.75, 3.05) is 32.7 Å². The largest absolute Gasteiger partial charge is 0.317 e. The average Bonchev–Trinajstić information content (AvgIpc) is 2.42. The molecular weight excluding hydrogens is 274 g/mol. The lowest BCUT2D eigenvalue weighted by atomic mass is 9.98. The van der Waals surface area contributed by atoms with E-state index in [1.165, 1.54) is 0 Å². The summed E-state index contributed by atoms with van der Waals surface area (Å²) >= 11 is 0. The summed E-state index contributed by atoms with van der Waals surface area (Å²) in [6.45, 7) is 11.9. The molecule has 0 amide bonds. The van der Waals surface area contributed by atoms with Crippen LogP contribution in [0.3, 0.4) is 0 Å². The van der Waals surface area contributed by atoms with Crippen LogP contribution in [0.15, 0.2) is 0 Å². The Morgan fingerprint density at radius 1 is 1.25 bits per heavy atom. The zero-order valence-corrected chi connectivity index (χ0v) is 14.2. The van der Waals surface area contributed by atoms with Crippen LogP contribution in [0, 0.1) is 5.92 Å². The van der Waals surface area contributed by atoms with Gasteiger partial charge in [0.1, 0.15) is 0 Å². The Kier molecular flexibility index (Phi) is 7.43. The minimum absolute atomic E-state index is 0.0273. The Hall–Kier alpha value is -0.170. The highest BCUT2D eigenvalue weighted by Gasteiger charge is 2.33. The highest BCUT2D eigenvalue weighted by Crippen LogP contribution is 2.22. The minimum Gasteiger partial charge on any atom is -0.317 e. The zero-order valence-electron chi connectivity index (χ0n) is 13.4. The van der Waals surface area contributed by atoms with Crippen molar-refractivity contribution >= 4 is 10.2 Å². The minimum atomic E-state index is -3.28. The van der Waals surface area contributed by atoms with Gasteiger partial charge in [0, 0.05) is 25.7 Å². The lowest BCUT2D eigenvalue weighted by molar-refractivity contribution is 0.240. The molecule has 5 nitrogen and oxygen atoms in total. The van der Waals surface area contributed by atoms with Crippen LogP contribution in [-0.2, 0) is 10.2 Å². The summed E-state index contributed by atoms with van der Waals surface area (Å²) in [6, 6.07) is 0.0273. The van der Waals surface area contributed by atoms with E-state index in [1.54, 1.807) is 8.61 Å². The Balaban J connectivity index is 2.61. The summed E-state index contributed by atoms with van der Waals surface area (Å²) in [5.41, 5.74) is 0. The normalized spacial score (nSPS) is 19.1. The van der Waals surface area contributed by atoms with Gasteiger partial charge in [0.25, 0.3) is 10.2 Å². The van der Waals surface area contributed by atoms with Crippen molar-refractivity contribution in [1.29, 1.82) is 0 Å². The molecule has 20 heavy (non-hydrogen) atoms. The van der Waals surface area contributed by atoms with Crippen molar-refractivity contribution in [1.82, 2.24) is 13.9 Å². The molecule has 0 aromatic rings. The molecule has 1 fully saturated rings. The van der Waals surface area contributed by atoms with Crippen molar-refractivity contribution in [2.45, 2.75) is 53.0 Å². The molecule has 1 heterocycles. The van der Waals surface area contributed by atoms with Gasteiger partial charge in [-0.3, -0.25) is 0 Å². The van der Waals surface area contributed by atoms with E-state index in [-0.39, 0.29) is 6.04 Å². The summed E-state index contributed by atoms with van der Waals surface area (Å²) in [5.74, 6) is 0.611. The van der Waals surface area contributed by atoms with Crippen LogP contribution >= 0.6 is 0 Å². The van der Waals surface area contributed by atoms with E-state index in [0.717, 1.165) is 32.4 Å². The van der Waals surface area contributed by atoms with E-state index in [9.17, 15) is 8.42 Å². The van der Waals surface area contributed by atoms with E-state index in [2.05, 4.69) is 12.2 Å². The van der Waals surface area contributed by atoms with Gasteiger partial charge in [0.15, 0.2) is 0 Å². The van der Waals surface area contributed by atoms with Crippen molar-refractivity contribution in [3.63, 3.8) is 0 Å². The van der Waals surface area contributed by atoms with Gasteiger partial charge < -0.3 is 5.32 Å². The Morgan fingerprint density at radius 3 is 2.30 bits per heavy atom. The molecule has 120 valence electrons. The molecule has 0 saturated carbocycles. The number of hydrogen-bond donors (Lipinski definition) is 1. The molecular formula is C14H31N3O2S. The molecule has 6 heteroatoms. The SMILES string of the molecule is CCCN(C(C)C)S(=O)(=O)N1CCC(CNCC)CC1. The fourth-order valence-electron chi connectivity index (χ4n) is 2.70. The van der Waals surface area contributed by atoms with Crippen molar-refractivity contribution in [2.24, 2.45) is 5.92 Å². The van der Waals surface area contributed by atoms with Crippen molar-refractivity contribution in [3.8, 4) is 0 Å². The first-order valence-electron chi connectivity index (χ1n) is 7.91. The number of nitrogens with one attached hydrogen (secondary N) is 1. The molecule has 1 rings (SSSR count). The molecule has 1 N–H and O–H groups in total. The molecule has 0 spiro atoms. The first-order chi connectivity index (χ1) is 9.43. The van der Waals surface area contributed by atoms with Gasteiger partial charge in [-0.2, -0.15) is 17.0 Å². The topological polar surface area (TPSA) is 52.7 Å². The Labute approximate surface area is 124 Å². The summed E-state index contributed by atoms with van der Waals surface area (Å²) in [4.78, 5) is 0. The van der Waals surface area contributed by atoms with Crippen molar-refractivity contribution in [3.05, 3.63) is 0 Å². The summed E-state index contributed by atoms with van der Waals surface area (Å²) in [7, 11) is -3.28. The lowest BCUT2D eigenvalue weighted by Gasteiger charge is -2.36. The van der Waals surface area contributed by atoms with E-state index in [1.807, 2.05) is 20.8 Å². The monoisotopic (exact) mass is 305 g/mol. The van der Waals surface area contributed by atoms with Crippen LogP contribution in [0.5, 0.6) is 0 Å². The molecule has 1 saturated heterocycles. The quantitative estimate of drug-likeness (QED) is 0.742. The third-order valence-electron chi connectivity index (χ3n) is 3.90. The van der Waals surface area contributed by atoms with Crippen LogP contribution in [0.4, 0.5) is 0 Å². The number of piperidine rings is 1. The first-order valence-corrected chi connectivity index (χ1v) is 9.30. The molecule has 0 aromatic carbocycles. The predicted molar refractivity (Wildman–Crippen MR) is 83.9 cm³/mol. The standard InChI is InChI=1S/C14H31N3O2S/c1-5-9-17(13(3)4)20(18,19)16-10-7-14(8-11-16)12-15-6-2/h13-15H,5-12H2,1-4H3. The van der Waals surface area contributed by atoms with Gasteiger partial charge in [0.2, 0.25) is 0 Å². The maximum atomic E-state index is 12.7. The number of nitrogens with zero attached hydrogens (tertiary/aromatic N) is 2. The van der Waals surface area contributed by atoms with Crippen molar-refractivity contribution < 1.29 is 8.42 Å². The lowest BCUT2D eigenvalue weighted by Crippen LogP contribution is -2.50.